The smallest absolute Gasteiger partial charge is 0.227 e. The molecular weight excluding hydrogens is 381 g/mol. The molecule has 1 heterocycles. The Hall–Kier alpha value is -2.70. The number of nitrogens with zero attached hydrogens (tertiary/aromatic N) is 3. The van der Waals surface area contributed by atoms with E-state index in [-0.39, 0.29) is 5.75 Å². The molecule has 6 heteroatoms. The first-order valence-electron chi connectivity index (χ1n) is 10.5. The number of aliphatic hydroxyl groups is 1. The van der Waals surface area contributed by atoms with Crippen LogP contribution in [0.2, 0.25) is 0 Å². The zero-order valence-electron chi connectivity index (χ0n) is 17.5. The minimum Gasteiger partial charge on any atom is -0.435 e. The molecule has 1 fully saturated rings. The van der Waals surface area contributed by atoms with E-state index in [1.807, 2.05) is 37.3 Å². The van der Waals surface area contributed by atoms with Gasteiger partial charge in [-0.2, -0.15) is 5.10 Å². The fraction of sp³-hybridized carbons (Fsp3) is 0.375. The fourth-order valence-electron chi connectivity index (χ4n) is 3.67. The molecule has 0 amide bonds. The van der Waals surface area contributed by atoms with Crippen LogP contribution in [0, 0.1) is 18.7 Å². The van der Waals surface area contributed by atoms with Crippen molar-refractivity contribution in [2.24, 2.45) is 5.92 Å². The summed E-state index contributed by atoms with van der Waals surface area (Å²) in [7, 11) is 0. The minimum atomic E-state index is -0.427. The lowest BCUT2D eigenvalue weighted by atomic mass is 10.2. The van der Waals surface area contributed by atoms with E-state index in [1.54, 1.807) is 29.8 Å². The highest BCUT2D eigenvalue weighted by atomic mass is 19.1. The molecule has 2 aromatic carbocycles. The van der Waals surface area contributed by atoms with Gasteiger partial charge in [0.1, 0.15) is 0 Å². The Kier molecular flexibility index (Phi) is 6.16. The topological polar surface area (TPSA) is 50.5 Å². The highest BCUT2D eigenvalue weighted by Gasteiger charge is 2.27. The maximum absolute atomic E-state index is 14.4. The lowest BCUT2D eigenvalue weighted by molar-refractivity contribution is 0.118. The molecule has 0 spiro atoms. The van der Waals surface area contributed by atoms with Gasteiger partial charge >= 0.3 is 0 Å². The van der Waals surface area contributed by atoms with E-state index in [2.05, 4.69) is 4.90 Å². The third-order valence-corrected chi connectivity index (χ3v) is 5.30. The van der Waals surface area contributed by atoms with E-state index in [4.69, 9.17) is 9.84 Å². The Morgan fingerprint density at radius 3 is 2.53 bits per heavy atom. The number of para-hydroxylation sites is 2. The van der Waals surface area contributed by atoms with Gasteiger partial charge in [-0.15, -0.1) is 0 Å². The third-order valence-electron chi connectivity index (χ3n) is 5.30. The van der Waals surface area contributed by atoms with Crippen LogP contribution in [0.15, 0.2) is 54.6 Å². The first-order chi connectivity index (χ1) is 14.5. The van der Waals surface area contributed by atoms with Gasteiger partial charge in [0.15, 0.2) is 11.6 Å². The van der Waals surface area contributed by atoms with Crippen LogP contribution in [0.25, 0.3) is 5.69 Å². The summed E-state index contributed by atoms with van der Waals surface area (Å²) in [4.78, 5) is 2.25. The number of aryl methyl sites for hydroxylation is 1. The quantitative estimate of drug-likeness (QED) is 0.556. The SMILES string of the molecule is Cc1nn(-c2ccccc2)c(Oc2ccccc2F)c1CN(CC1CC1)C[C@@H](C)O. The minimum absolute atomic E-state index is 0.167. The van der Waals surface area contributed by atoms with Gasteiger partial charge < -0.3 is 9.84 Å². The van der Waals surface area contributed by atoms with Crippen molar-refractivity contribution in [2.45, 2.75) is 39.3 Å². The van der Waals surface area contributed by atoms with Gasteiger partial charge in [0.25, 0.3) is 0 Å². The number of halogens is 1. The van der Waals surface area contributed by atoms with Crippen molar-refractivity contribution in [3.05, 3.63) is 71.7 Å². The number of ether oxygens (including phenoxy) is 1. The molecule has 0 aliphatic heterocycles. The lowest BCUT2D eigenvalue weighted by Gasteiger charge is -2.24. The van der Waals surface area contributed by atoms with Gasteiger partial charge in [-0.05, 0) is 56.9 Å². The van der Waals surface area contributed by atoms with Crippen LogP contribution >= 0.6 is 0 Å². The van der Waals surface area contributed by atoms with Gasteiger partial charge in [0.05, 0.1) is 23.0 Å². The Labute approximate surface area is 176 Å². The van der Waals surface area contributed by atoms with E-state index >= 15 is 0 Å². The van der Waals surface area contributed by atoms with Crippen molar-refractivity contribution in [1.29, 1.82) is 0 Å². The molecule has 4 rings (SSSR count). The van der Waals surface area contributed by atoms with Crippen LogP contribution in [0.3, 0.4) is 0 Å². The van der Waals surface area contributed by atoms with E-state index < -0.39 is 11.9 Å². The van der Waals surface area contributed by atoms with Crippen LogP contribution in [0.5, 0.6) is 11.6 Å². The van der Waals surface area contributed by atoms with Gasteiger partial charge in [-0.1, -0.05) is 30.3 Å². The second kappa shape index (κ2) is 8.98. The van der Waals surface area contributed by atoms with Gasteiger partial charge in [0.2, 0.25) is 5.88 Å². The number of hydrogen-bond acceptors (Lipinski definition) is 4. The number of aliphatic hydroxyl groups excluding tert-OH is 1. The zero-order valence-corrected chi connectivity index (χ0v) is 17.5. The van der Waals surface area contributed by atoms with Crippen molar-refractivity contribution in [3.63, 3.8) is 0 Å². The van der Waals surface area contributed by atoms with Crippen molar-refractivity contribution in [2.75, 3.05) is 13.1 Å². The summed E-state index contributed by atoms with van der Waals surface area (Å²) >= 11 is 0. The molecule has 5 nitrogen and oxygen atoms in total. The summed E-state index contributed by atoms with van der Waals surface area (Å²) in [5.41, 5.74) is 2.59. The molecule has 1 aliphatic rings. The van der Waals surface area contributed by atoms with Gasteiger partial charge in [-0.3, -0.25) is 4.90 Å². The first kappa shape index (κ1) is 20.6. The van der Waals surface area contributed by atoms with Crippen molar-refractivity contribution < 1.29 is 14.2 Å². The molecule has 3 aromatic rings. The lowest BCUT2D eigenvalue weighted by Crippen LogP contribution is -2.32. The Balaban J connectivity index is 1.72. The zero-order chi connectivity index (χ0) is 21.1. The molecule has 0 bridgehead atoms. The number of benzene rings is 2. The van der Waals surface area contributed by atoms with Crippen LogP contribution < -0.4 is 4.74 Å². The van der Waals surface area contributed by atoms with Crippen LogP contribution in [0.1, 0.15) is 31.0 Å². The first-order valence-corrected chi connectivity index (χ1v) is 10.5. The molecule has 1 aromatic heterocycles. The predicted molar refractivity (Wildman–Crippen MR) is 114 cm³/mol. The molecule has 1 N–H and O–H groups in total. The van der Waals surface area contributed by atoms with E-state index in [0.717, 1.165) is 23.5 Å². The van der Waals surface area contributed by atoms with Crippen molar-refractivity contribution in [3.8, 4) is 17.3 Å². The molecule has 0 saturated heterocycles. The summed E-state index contributed by atoms with van der Waals surface area (Å²) in [6.07, 6.45) is 2.04. The summed E-state index contributed by atoms with van der Waals surface area (Å²) in [6, 6.07) is 16.1. The summed E-state index contributed by atoms with van der Waals surface area (Å²) < 4.78 is 22.2. The molecule has 0 unspecified atom stereocenters. The molecule has 1 saturated carbocycles. The summed E-state index contributed by atoms with van der Waals surface area (Å²) in [5, 5.41) is 14.7. The summed E-state index contributed by atoms with van der Waals surface area (Å²) in [6.45, 7) is 5.84. The van der Waals surface area contributed by atoms with Crippen LogP contribution in [-0.4, -0.2) is 39.0 Å². The maximum atomic E-state index is 14.4. The maximum Gasteiger partial charge on any atom is 0.227 e. The fourth-order valence-corrected chi connectivity index (χ4v) is 3.67. The van der Waals surface area contributed by atoms with Crippen LogP contribution in [-0.2, 0) is 6.54 Å². The van der Waals surface area contributed by atoms with Crippen molar-refractivity contribution in [1.82, 2.24) is 14.7 Å². The van der Waals surface area contributed by atoms with Crippen LogP contribution in [0.4, 0.5) is 4.39 Å². The molecule has 1 aliphatic carbocycles. The second-order valence-electron chi connectivity index (χ2n) is 8.14. The standard InChI is InChI=1S/C24H28FN3O2/c1-17(29)14-27(15-19-12-13-19)16-21-18(2)26-28(20-8-4-3-5-9-20)24(21)30-23-11-7-6-10-22(23)25/h3-11,17,19,29H,12-16H2,1-2H3/t17-/m1/s1. The Morgan fingerprint density at radius 1 is 1.17 bits per heavy atom. The van der Waals surface area contributed by atoms with E-state index in [0.29, 0.717) is 24.9 Å². The Bertz CT molecular complexity index is 979. The average molecular weight is 410 g/mol. The van der Waals surface area contributed by atoms with Gasteiger partial charge in [0, 0.05) is 19.6 Å². The Morgan fingerprint density at radius 2 is 1.87 bits per heavy atom. The molecular formula is C24H28FN3O2. The number of aromatic nitrogens is 2. The predicted octanol–water partition coefficient (Wildman–Crippen LogP) is 4.70. The molecule has 30 heavy (non-hydrogen) atoms. The van der Waals surface area contributed by atoms with E-state index in [1.165, 1.54) is 18.9 Å². The largest absolute Gasteiger partial charge is 0.435 e. The number of hydrogen-bond donors (Lipinski definition) is 1. The highest BCUT2D eigenvalue weighted by molar-refractivity contribution is 5.43. The van der Waals surface area contributed by atoms with Crippen molar-refractivity contribution >= 4 is 0 Å². The normalized spacial score (nSPS) is 14.8. The molecule has 0 radical (unpaired) electrons. The second-order valence-corrected chi connectivity index (χ2v) is 8.14. The third kappa shape index (κ3) is 4.89. The average Bonchev–Trinajstić information content (AvgIpc) is 3.49. The number of rotatable bonds is 9. The van der Waals surface area contributed by atoms with E-state index in [9.17, 15) is 9.50 Å². The van der Waals surface area contributed by atoms with Gasteiger partial charge in [-0.25, -0.2) is 9.07 Å². The molecule has 158 valence electrons. The summed E-state index contributed by atoms with van der Waals surface area (Å²) in [5.74, 6) is 0.945. The highest BCUT2D eigenvalue weighted by Crippen LogP contribution is 2.34. The monoisotopic (exact) mass is 409 g/mol. The molecule has 1 atom stereocenters.